The lowest BCUT2D eigenvalue weighted by Gasteiger charge is -2.27. The van der Waals surface area contributed by atoms with Crippen LogP contribution in [0.15, 0.2) is 30.5 Å². The van der Waals surface area contributed by atoms with Crippen LogP contribution < -0.4 is 10.1 Å². The smallest absolute Gasteiger partial charge is 0.422 e. The Bertz CT molecular complexity index is 941. The number of alkyl halides is 3. The highest BCUT2D eigenvalue weighted by Gasteiger charge is 2.29. The number of halogens is 5. The lowest BCUT2D eigenvalue weighted by atomic mass is 9.86. The highest BCUT2D eigenvalue weighted by Crippen LogP contribution is 2.34. The summed E-state index contributed by atoms with van der Waals surface area (Å²) in [5.41, 5.74) is 0.718. The number of aliphatic hydroxyl groups is 1. The van der Waals surface area contributed by atoms with Gasteiger partial charge in [0, 0.05) is 24.2 Å². The molecule has 1 aliphatic carbocycles. The molecule has 0 saturated heterocycles. The zero-order valence-corrected chi connectivity index (χ0v) is 17.9. The van der Waals surface area contributed by atoms with Crippen LogP contribution in [0.5, 0.6) is 5.88 Å². The Labute approximate surface area is 187 Å². The van der Waals surface area contributed by atoms with Crippen molar-refractivity contribution in [3.63, 3.8) is 0 Å². The molecule has 5 nitrogen and oxygen atoms in total. The largest absolute Gasteiger partial charge is 0.468 e. The maximum Gasteiger partial charge on any atom is 0.422 e. The van der Waals surface area contributed by atoms with E-state index in [0.29, 0.717) is 18.5 Å². The topological polar surface area (TPSA) is 71.5 Å². The van der Waals surface area contributed by atoms with E-state index < -0.39 is 24.8 Å². The molecule has 1 aliphatic rings. The molecule has 0 bridgehead atoms. The summed E-state index contributed by atoms with van der Waals surface area (Å²) in [6.07, 6.45) is -0.384. The molecule has 168 valence electrons. The molecule has 2 aromatic rings. The lowest BCUT2D eigenvalue weighted by Crippen LogP contribution is -2.36. The predicted molar refractivity (Wildman–Crippen MR) is 112 cm³/mol. The molecule has 0 radical (unpaired) electrons. The van der Waals surface area contributed by atoms with Gasteiger partial charge in [-0.05, 0) is 36.6 Å². The maximum atomic E-state index is 12.6. The molecule has 1 saturated carbocycles. The second-order valence-electron chi connectivity index (χ2n) is 7.43. The Hall–Kier alpha value is -2.03. The zero-order chi connectivity index (χ0) is 22.6. The van der Waals surface area contributed by atoms with Crippen molar-refractivity contribution in [2.75, 3.05) is 13.2 Å². The van der Waals surface area contributed by atoms with Crippen LogP contribution in [0.3, 0.4) is 0 Å². The normalized spacial score (nSPS) is 19.2. The molecule has 1 aromatic heterocycles. The fourth-order valence-electron chi connectivity index (χ4n) is 3.46. The highest BCUT2D eigenvalue weighted by molar-refractivity contribution is 6.42. The fraction of sp³-hybridized carbons (Fsp3) is 0.429. The number of aliphatic hydroxyl groups excluding tert-OH is 1. The van der Waals surface area contributed by atoms with Crippen LogP contribution in [-0.2, 0) is 0 Å². The number of carbonyl (C=O) groups is 1. The SMILES string of the molecule is O=C(NCC1CCCC[C@H]1O)c1cnc(OCC(F)(F)F)c(-c2ccc(Cl)c(Cl)c2)c1. The molecule has 0 aliphatic heterocycles. The Kier molecular flexibility index (Phi) is 7.67. The van der Waals surface area contributed by atoms with E-state index in [9.17, 15) is 23.1 Å². The van der Waals surface area contributed by atoms with Crippen molar-refractivity contribution in [3.05, 3.63) is 46.1 Å². The minimum absolute atomic E-state index is 0.0328. The summed E-state index contributed by atoms with van der Waals surface area (Å²) < 4.78 is 42.8. The van der Waals surface area contributed by atoms with Crippen molar-refractivity contribution >= 4 is 29.1 Å². The van der Waals surface area contributed by atoms with Crippen molar-refractivity contribution in [3.8, 4) is 17.0 Å². The van der Waals surface area contributed by atoms with E-state index in [0.717, 1.165) is 25.5 Å². The third-order valence-corrected chi connectivity index (χ3v) is 5.85. The van der Waals surface area contributed by atoms with Crippen LogP contribution in [0.25, 0.3) is 11.1 Å². The Morgan fingerprint density at radius 3 is 2.61 bits per heavy atom. The van der Waals surface area contributed by atoms with Gasteiger partial charge in [-0.3, -0.25) is 4.79 Å². The average molecular weight is 477 g/mol. The van der Waals surface area contributed by atoms with Crippen LogP contribution in [0.2, 0.25) is 10.0 Å². The molecule has 10 heteroatoms. The van der Waals surface area contributed by atoms with Crippen LogP contribution in [0.4, 0.5) is 13.2 Å². The Morgan fingerprint density at radius 1 is 1.19 bits per heavy atom. The number of hydrogen-bond donors (Lipinski definition) is 2. The van der Waals surface area contributed by atoms with Crippen LogP contribution >= 0.6 is 23.2 Å². The summed E-state index contributed by atoms with van der Waals surface area (Å²) in [5.74, 6) is -0.765. The lowest BCUT2D eigenvalue weighted by molar-refractivity contribution is -0.154. The number of hydrogen-bond acceptors (Lipinski definition) is 4. The van der Waals surface area contributed by atoms with Crippen LogP contribution in [-0.4, -0.2) is 41.4 Å². The maximum absolute atomic E-state index is 12.6. The summed E-state index contributed by atoms with van der Waals surface area (Å²) in [7, 11) is 0. The first-order valence-corrected chi connectivity index (χ1v) is 10.5. The number of amides is 1. The molecule has 31 heavy (non-hydrogen) atoms. The molecule has 1 heterocycles. The first-order valence-electron chi connectivity index (χ1n) is 9.75. The van der Waals surface area contributed by atoms with Crippen molar-refractivity contribution < 1.29 is 27.8 Å². The first kappa shape index (κ1) is 23.6. The molecule has 1 aromatic carbocycles. The van der Waals surface area contributed by atoms with E-state index in [4.69, 9.17) is 27.9 Å². The fourth-order valence-corrected chi connectivity index (χ4v) is 3.76. The quantitative estimate of drug-likeness (QED) is 0.594. The van der Waals surface area contributed by atoms with Gasteiger partial charge in [-0.25, -0.2) is 4.98 Å². The number of carbonyl (C=O) groups excluding carboxylic acids is 1. The highest BCUT2D eigenvalue weighted by atomic mass is 35.5. The van der Waals surface area contributed by atoms with Crippen molar-refractivity contribution in [2.24, 2.45) is 5.92 Å². The number of nitrogens with one attached hydrogen (secondary N) is 1. The third kappa shape index (κ3) is 6.48. The molecule has 1 fully saturated rings. The van der Waals surface area contributed by atoms with Gasteiger partial charge in [0.1, 0.15) is 0 Å². The van der Waals surface area contributed by atoms with E-state index in [1.165, 1.54) is 18.2 Å². The second kappa shape index (κ2) is 10.1. The molecule has 1 unspecified atom stereocenters. The molecule has 2 N–H and O–H groups in total. The van der Waals surface area contributed by atoms with E-state index in [1.54, 1.807) is 6.07 Å². The second-order valence-corrected chi connectivity index (χ2v) is 8.25. The molecule has 0 spiro atoms. The van der Waals surface area contributed by atoms with Gasteiger partial charge in [0.05, 0.1) is 21.7 Å². The van der Waals surface area contributed by atoms with Gasteiger partial charge in [0.15, 0.2) is 6.61 Å². The van der Waals surface area contributed by atoms with E-state index >= 15 is 0 Å². The summed E-state index contributed by atoms with van der Waals surface area (Å²) in [6.45, 7) is -1.23. The zero-order valence-electron chi connectivity index (χ0n) is 16.4. The van der Waals surface area contributed by atoms with E-state index in [1.807, 2.05) is 0 Å². The molecule has 3 rings (SSSR count). The molecule has 2 atom stereocenters. The molecule has 1 amide bonds. The standard InChI is InChI=1S/C21H21Cl2F3N2O3/c22-16-6-5-12(8-17(16)23)15-7-14(10-28-20(15)31-11-21(24,25)26)19(30)27-9-13-3-1-2-4-18(13)29/h5-8,10,13,18,29H,1-4,9,11H2,(H,27,30)/t13?,18-/m1/s1. The molecular weight excluding hydrogens is 456 g/mol. The predicted octanol–water partition coefficient (Wildman–Crippen LogP) is 5.28. The number of nitrogens with zero attached hydrogens (tertiary/aromatic N) is 1. The summed E-state index contributed by atoms with van der Waals surface area (Å²) >= 11 is 12.0. The number of ether oxygens (including phenoxy) is 1. The van der Waals surface area contributed by atoms with E-state index in [2.05, 4.69) is 10.3 Å². The third-order valence-electron chi connectivity index (χ3n) is 5.11. The van der Waals surface area contributed by atoms with Gasteiger partial charge in [-0.15, -0.1) is 0 Å². The Balaban J connectivity index is 1.84. The van der Waals surface area contributed by atoms with Gasteiger partial charge in [0.25, 0.3) is 5.91 Å². The first-order chi connectivity index (χ1) is 14.6. The van der Waals surface area contributed by atoms with Crippen LogP contribution in [0, 0.1) is 5.92 Å². The number of pyridine rings is 1. The summed E-state index contributed by atoms with van der Waals surface area (Å²) in [6, 6.07) is 5.89. The minimum Gasteiger partial charge on any atom is -0.468 e. The number of aromatic nitrogens is 1. The van der Waals surface area contributed by atoms with Crippen LogP contribution in [0.1, 0.15) is 36.0 Å². The van der Waals surface area contributed by atoms with Crippen molar-refractivity contribution in [2.45, 2.75) is 38.0 Å². The monoisotopic (exact) mass is 476 g/mol. The Morgan fingerprint density at radius 2 is 1.94 bits per heavy atom. The van der Waals surface area contributed by atoms with Crippen molar-refractivity contribution in [1.82, 2.24) is 10.3 Å². The van der Waals surface area contributed by atoms with Crippen molar-refractivity contribution in [1.29, 1.82) is 0 Å². The van der Waals surface area contributed by atoms with Gasteiger partial charge in [-0.1, -0.05) is 42.1 Å². The number of rotatable bonds is 6. The summed E-state index contributed by atoms with van der Waals surface area (Å²) in [4.78, 5) is 16.6. The van der Waals surface area contributed by atoms with Gasteiger partial charge >= 0.3 is 6.18 Å². The van der Waals surface area contributed by atoms with E-state index in [-0.39, 0.29) is 33.0 Å². The summed E-state index contributed by atoms with van der Waals surface area (Å²) in [5, 5.41) is 13.3. The van der Waals surface area contributed by atoms with Gasteiger partial charge in [-0.2, -0.15) is 13.2 Å². The minimum atomic E-state index is -4.55. The number of benzene rings is 1. The van der Waals surface area contributed by atoms with Gasteiger partial charge in [0.2, 0.25) is 5.88 Å². The van der Waals surface area contributed by atoms with Gasteiger partial charge < -0.3 is 15.2 Å². The average Bonchev–Trinajstić information content (AvgIpc) is 2.73. The molecular formula is C21H21Cl2F3N2O3.